The highest BCUT2D eigenvalue weighted by molar-refractivity contribution is 5.85. The summed E-state index contributed by atoms with van der Waals surface area (Å²) in [6.07, 6.45) is 1.66. The molecular weight excluding hydrogens is 276 g/mol. The van der Waals surface area contributed by atoms with Gasteiger partial charge in [-0.2, -0.15) is 0 Å². The zero-order chi connectivity index (χ0) is 14.0. The van der Waals surface area contributed by atoms with Gasteiger partial charge in [0.15, 0.2) is 5.96 Å². The van der Waals surface area contributed by atoms with Gasteiger partial charge < -0.3 is 17.2 Å². The van der Waals surface area contributed by atoms with Gasteiger partial charge in [-0.15, -0.1) is 12.4 Å². The van der Waals surface area contributed by atoms with Crippen molar-refractivity contribution in [2.45, 2.75) is 38.6 Å². The first-order valence-corrected chi connectivity index (χ1v) is 5.69. The molecule has 0 aliphatic carbocycles. The molecule has 0 aromatic carbocycles. The van der Waals surface area contributed by atoms with Crippen molar-refractivity contribution in [1.29, 1.82) is 0 Å². The van der Waals surface area contributed by atoms with E-state index in [1.165, 1.54) is 0 Å². The lowest BCUT2D eigenvalue weighted by Crippen LogP contribution is -2.33. The van der Waals surface area contributed by atoms with Crippen LogP contribution in [0.2, 0.25) is 0 Å². The van der Waals surface area contributed by atoms with Crippen molar-refractivity contribution < 1.29 is 19.4 Å². The zero-order valence-corrected chi connectivity index (χ0v) is 11.6. The molecule has 1 unspecified atom stereocenters. The fourth-order valence-corrected chi connectivity index (χ4v) is 1.03. The lowest BCUT2D eigenvalue weighted by molar-refractivity contribution is -0.260. The Bertz CT molecular complexity index is 308. The summed E-state index contributed by atoms with van der Waals surface area (Å²) < 4.78 is 0. The van der Waals surface area contributed by atoms with Gasteiger partial charge in [-0.1, -0.05) is 6.92 Å². The average molecular weight is 297 g/mol. The molecule has 0 bridgehead atoms. The minimum Gasteiger partial charge on any atom is -0.370 e. The van der Waals surface area contributed by atoms with E-state index in [4.69, 9.17) is 17.2 Å². The van der Waals surface area contributed by atoms with E-state index in [1.54, 1.807) is 6.92 Å². The number of nitrogens with zero attached hydrogens (tertiary/aromatic N) is 1. The second kappa shape index (κ2) is 11.5. The van der Waals surface area contributed by atoms with Crippen LogP contribution in [0.1, 0.15) is 32.6 Å². The second-order valence-electron chi connectivity index (χ2n) is 3.66. The van der Waals surface area contributed by atoms with E-state index >= 15 is 0 Å². The average Bonchev–Trinajstić information content (AvgIpc) is 2.31. The van der Waals surface area contributed by atoms with Crippen LogP contribution in [-0.4, -0.2) is 30.5 Å². The number of hydrogen-bond donors (Lipinski definition) is 3. The van der Waals surface area contributed by atoms with E-state index in [0.29, 0.717) is 25.8 Å². The minimum atomic E-state index is -0.867. The molecule has 0 spiro atoms. The Labute approximate surface area is 118 Å². The smallest absolute Gasteiger partial charge is 0.370 e. The summed E-state index contributed by atoms with van der Waals surface area (Å²) in [5.74, 6) is -1.40. The molecule has 0 saturated carbocycles. The molecule has 0 fully saturated rings. The van der Waals surface area contributed by atoms with Crippen molar-refractivity contribution >= 4 is 30.3 Å². The lowest BCUT2D eigenvalue weighted by atomic mass is 10.2. The summed E-state index contributed by atoms with van der Waals surface area (Å²) in [7, 11) is 0. The number of rotatable bonds is 7. The molecule has 1 atom stereocenters. The first kappa shape index (κ1) is 19.8. The van der Waals surface area contributed by atoms with Crippen molar-refractivity contribution in [2.24, 2.45) is 22.2 Å². The van der Waals surface area contributed by atoms with Gasteiger partial charge in [0.05, 0.1) is 0 Å². The number of hydrogen-bond acceptors (Lipinski definition) is 6. The van der Waals surface area contributed by atoms with Crippen LogP contribution in [0.4, 0.5) is 0 Å². The molecule has 9 heteroatoms. The maximum absolute atomic E-state index is 11.3. The number of carbonyl (C=O) groups is 2. The summed E-state index contributed by atoms with van der Waals surface area (Å²) in [6.45, 7) is 2.18. The monoisotopic (exact) mass is 296 g/mol. The molecule has 0 aliphatic heterocycles. The third kappa shape index (κ3) is 11.3. The van der Waals surface area contributed by atoms with Gasteiger partial charge in [-0.25, -0.2) is 19.4 Å². The van der Waals surface area contributed by atoms with Crippen molar-refractivity contribution in [3.8, 4) is 0 Å². The number of aliphatic imine (C=N–C) groups is 1. The van der Waals surface area contributed by atoms with Gasteiger partial charge in [0, 0.05) is 13.0 Å². The molecular formula is C10H21ClN4O4. The van der Waals surface area contributed by atoms with Crippen LogP contribution in [0.25, 0.3) is 0 Å². The molecule has 0 rings (SSSR count). The first-order chi connectivity index (χ1) is 8.47. The standard InChI is InChI=1S/C10H20N4O4.ClH/c1-2-4-8(15)17-18-9(16)7(11)5-3-6-14-10(12)13;/h7H,2-6,11H2,1H3,(H4,12,13,14);1H. The van der Waals surface area contributed by atoms with Crippen LogP contribution in [0.5, 0.6) is 0 Å². The highest BCUT2D eigenvalue weighted by atomic mass is 35.5. The molecule has 0 heterocycles. The Morgan fingerprint density at radius 3 is 2.42 bits per heavy atom. The Balaban J connectivity index is 0. The van der Waals surface area contributed by atoms with Gasteiger partial charge in [0.25, 0.3) is 0 Å². The highest BCUT2D eigenvalue weighted by Gasteiger charge is 2.17. The van der Waals surface area contributed by atoms with Crippen LogP contribution in [0, 0.1) is 0 Å². The third-order valence-electron chi connectivity index (χ3n) is 1.94. The maximum Gasteiger partial charge on any atom is 0.372 e. The van der Waals surface area contributed by atoms with Crippen LogP contribution in [0.15, 0.2) is 4.99 Å². The lowest BCUT2D eigenvalue weighted by Gasteiger charge is -2.08. The zero-order valence-electron chi connectivity index (χ0n) is 10.8. The van der Waals surface area contributed by atoms with Gasteiger partial charge in [0.2, 0.25) is 0 Å². The van der Waals surface area contributed by atoms with Gasteiger partial charge in [0.1, 0.15) is 6.04 Å². The summed E-state index contributed by atoms with van der Waals surface area (Å²) in [5.41, 5.74) is 15.8. The summed E-state index contributed by atoms with van der Waals surface area (Å²) in [4.78, 5) is 34.5. The molecule has 8 nitrogen and oxygen atoms in total. The third-order valence-corrected chi connectivity index (χ3v) is 1.94. The molecule has 0 radical (unpaired) electrons. The number of halogens is 1. The first-order valence-electron chi connectivity index (χ1n) is 5.69. The van der Waals surface area contributed by atoms with Crippen molar-refractivity contribution in [2.75, 3.05) is 6.54 Å². The van der Waals surface area contributed by atoms with Crippen molar-refractivity contribution in [3.05, 3.63) is 0 Å². The summed E-state index contributed by atoms with van der Waals surface area (Å²) >= 11 is 0. The van der Waals surface area contributed by atoms with E-state index < -0.39 is 18.0 Å². The Morgan fingerprint density at radius 2 is 1.89 bits per heavy atom. The molecule has 6 N–H and O–H groups in total. The Morgan fingerprint density at radius 1 is 1.26 bits per heavy atom. The van der Waals surface area contributed by atoms with Crippen LogP contribution < -0.4 is 17.2 Å². The molecule has 0 aromatic rings. The summed E-state index contributed by atoms with van der Waals surface area (Å²) in [5, 5.41) is 0. The fraction of sp³-hybridized carbons (Fsp3) is 0.700. The largest absolute Gasteiger partial charge is 0.372 e. The topological polar surface area (TPSA) is 143 Å². The van der Waals surface area contributed by atoms with Crippen molar-refractivity contribution in [1.82, 2.24) is 0 Å². The second-order valence-corrected chi connectivity index (χ2v) is 3.66. The van der Waals surface area contributed by atoms with Crippen LogP contribution in [-0.2, 0) is 19.4 Å². The molecule has 0 saturated heterocycles. The molecule has 0 aliphatic rings. The minimum absolute atomic E-state index is 0. The normalized spacial score (nSPS) is 10.8. The predicted octanol–water partition coefficient (Wildman–Crippen LogP) is -0.409. The predicted molar refractivity (Wildman–Crippen MR) is 72.2 cm³/mol. The number of guanidine groups is 1. The Hall–Kier alpha value is -1.54. The fourth-order valence-electron chi connectivity index (χ4n) is 1.03. The molecule has 19 heavy (non-hydrogen) atoms. The number of carbonyl (C=O) groups excluding carboxylic acids is 2. The maximum atomic E-state index is 11.3. The SMILES string of the molecule is CCCC(=O)OOC(=O)C(N)CCCN=C(N)N.Cl. The van der Waals surface area contributed by atoms with E-state index in [0.717, 1.165) is 0 Å². The van der Waals surface area contributed by atoms with Crippen LogP contribution >= 0.6 is 12.4 Å². The Kier molecular flexibility index (Phi) is 12.0. The molecule has 112 valence electrons. The quantitative estimate of drug-likeness (QED) is 0.190. The van der Waals surface area contributed by atoms with Gasteiger partial charge in [-0.3, -0.25) is 4.99 Å². The van der Waals surface area contributed by atoms with E-state index in [1.807, 2.05) is 0 Å². The molecule has 0 amide bonds. The highest BCUT2D eigenvalue weighted by Crippen LogP contribution is 1.99. The van der Waals surface area contributed by atoms with E-state index in [9.17, 15) is 9.59 Å². The van der Waals surface area contributed by atoms with E-state index in [-0.39, 0.29) is 24.8 Å². The van der Waals surface area contributed by atoms with Crippen LogP contribution in [0.3, 0.4) is 0 Å². The number of nitrogens with two attached hydrogens (primary N) is 3. The van der Waals surface area contributed by atoms with Gasteiger partial charge in [-0.05, 0) is 19.3 Å². The molecule has 0 aromatic heterocycles. The van der Waals surface area contributed by atoms with Gasteiger partial charge >= 0.3 is 11.9 Å². The summed E-state index contributed by atoms with van der Waals surface area (Å²) in [6, 6.07) is -0.867. The van der Waals surface area contributed by atoms with E-state index in [2.05, 4.69) is 14.8 Å². The van der Waals surface area contributed by atoms with Crippen molar-refractivity contribution in [3.63, 3.8) is 0 Å².